The molecule has 0 aliphatic heterocycles. The van der Waals surface area contributed by atoms with Crippen LogP contribution >= 0.6 is 0 Å². The number of aryl methyl sites for hydroxylation is 2. The van der Waals surface area contributed by atoms with Crippen molar-refractivity contribution >= 4 is 33.5 Å². The summed E-state index contributed by atoms with van der Waals surface area (Å²) in [5, 5.41) is 6.15. The fraction of sp³-hybridized carbons (Fsp3) is 0.190. The summed E-state index contributed by atoms with van der Waals surface area (Å²) in [6.45, 7) is 4.50. The van der Waals surface area contributed by atoms with Crippen LogP contribution in [0.3, 0.4) is 0 Å². The van der Waals surface area contributed by atoms with E-state index in [4.69, 9.17) is 9.92 Å². The third-order valence-corrected chi connectivity index (χ3v) is 4.85. The lowest BCUT2D eigenvalue weighted by Crippen LogP contribution is -2.17. The fourth-order valence-corrected chi connectivity index (χ4v) is 3.34. The first-order valence-electron chi connectivity index (χ1n) is 9.34. The number of carbonyl (C=O) groups is 1. The summed E-state index contributed by atoms with van der Waals surface area (Å²) in [6, 6.07) is 12.4. The number of rotatable bonds is 8. The van der Waals surface area contributed by atoms with Crippen LogP contribution in [0.2, 0.25) is 0 Å². The summed E-state index contributed by atoms with van der Waals surface area (Å²) >= 11 is 0. The highest BCUT2D eigenvalue weighted by Gasteiger charge is 2.13. The number of benzene rings is 2. The van der Waals surface area contributed by atoms with Gasteiger partial charge in [-0.25, -0.2) is 4.98 Å². The lowest BCUT2D eigenvalue weighted by atomic mass is 10.1. The molecule has 0 fully saturated rings. The van der Waals surface area contributed by atoms with Crippen LogP contribution in [-0.2, 0) is 16.7 Å². The Morgan fingerprint density at radius 1 is 1.13 bits per heavy atom. The second-order valence-electron chi connectivity index (χ2n) is 7.04. The predicted molar refractivity (Wildman–Crippen MR) is 119 cm³/mol. The zero-order valence-electron chi connectivity index (χ0n) is 17.3. The molecule has 9 nitrogen and oxygen atoms in total. The first-order chi connectivity index (χ1) is 14.6. The number of primary amides is 1. The van der Waals surface area contributed by atoms with Crippen LogP contribution < -0.4 is 20.6 Å². The summed E-state index contributed by atoms with van der Waals surface area (Å²) in [5.74, 6) is 0.0951. The van der Waals surface area contributed by atoms with E-state index in [0.717, 1.165) is 17.4 Å². The minimum atomic E-state index is -3.60. The largest absolute Gasteiger partial charge is 0.383 e. The fourth-order valence-electron chi connectivity index (χ4n) is 2.88. The normalized spacial score (nSPS) is 11.1. The van der Waals surface area contributed by atoms with Crippen molar-refractivity contribution in [2.45, 2.75) is 20.4 Å². The van der Waals surface area contributed by atoms with Crippen LogP contribution in [-0.4, -0.2) is 30.5 Å². The van der Waals surface area contributed by atoms with Gasteiger partial charge in [0.05, 0.1) is 11.8 Å². The van der Waals surface area contributed by atoms with E-state index >= 15 is 0 Å². The number of nitrogens with one attached hydrogen (secondary N) is 2. The lowest BCUT2D eigenvalue weighted by molar-refractivity contribution is 0.100. The second kappa shape index (κ2) is 9.00. The van der Waals surface area contributed by atoms with Crippen molar-refractivity contribution in [3.8, 4) is 5.75 Å². The number of aromatic nitrogens is 2. The summed E-state index contributed by atoms with van der Waals surface area (Å²) in [4.78, 5) is 20.3. The number of amides is 1. The molecule has 1 amide bonds. The van der Waals surface area contributed by atoms with E-state index in [1.165, 1.54) is 23.9 Å². The van der Waals surface area contributed by atoms with Crippen molar-refractivity contribution in [3.63, 3.8) is 0 Å². The minimum Gasteiger partial charge on any atom is -0.383 e. The monoisotopic (exact) mass is 441 g/mol. The van der Waals surface area contributed by atoms with Gasteiger partial charge in [0.25, 0.3) is 5.91 Å². The third kappa shape index (κ3) is 6.16. The summed E-state index contributed by atoms with van der Waals surface area (Å²) in [6.07, 6.45) is 2.32. The molecule has 0 atom stereocenters. The molecule has 3 rings (SSSR count). The maximum absolute atomic E-state index is 11.8. The highest BCUT2D eigenvalue weighted by molar-refractivity contribution is 7.86. The quantitative estimate of drug-likeness (QED) is 0.454. The molecule has 2 aromatic carbocycles. The van der Waals surface area contributed by atoms with Gasteiger partial charge in [0.15, 0.2) is 0 Å². The number of hydrogen-bond donors (Lipinski definition) is 3. The molecular formula is C21H23N5O4S. The molecule has 162 valence electrons. The Morgan fingerprint density at radius 2 is 1.84 bits per heavy atom. The van der Waals surface area contributed by atoms with E-state index in [2.05, 4.69) is 26.7 Å². The van der Waals surface area contributed by atoms with Crippen molar-refractivity contribution in [2.75, 3.05) is 16.9 Å². The Kier molecular flexibility index (Phi) is 6.40. The molecule has 0 aliphatic carbocycles. The molecule has 0 unspecified atom stereocenters. The number of anilines is 3. The Labute approximate surface area is 180 Å². The van der Waals surface area contributed by atoms with Gasteiger partial charge in [-0.15, -0.1) is 0 Å². The van der Waals surface area contributed by atoms with Crippen molar-refractivity contribution in [1.29, 1.82) is 0 Å². The van der Waals surface area contributed by atoms with Gasteiger partial charge in [0, 0.05) is 18.4 Å². The molecule has 3 aromatic rings. The molecule has 0 saturated heterocycles. The van der Waals surface area contributed by atoms with E-state index in [1.807, 2.05) is 26.0 Å². The van der Waals surface area contributed by atoms with Gasteiger partial charge in [-0.2, -0.15) is 13.4 Å². The van der Waals surface area contributed by atoms with Crippen LogP contribution in [0.25, 0.3) is 0 Å². The van der Waals surface area contributed by atoms with E-state index in [1.54, 1.807) is 12.1 Å². The molecular weight excluding hydrogens is 418 g/mol. The second-order valence-corrected chi connectivity index (χ2v) is 8.62. The zero-order chi connectivity index (χ0) is 22.6. The van der Waals surface area contributed by atoms with Crippen LogP contribution in [0.4, 0.5) is 17.5 Å². The number of hydrogen-bond acceptors (Lipinski definition) is 8. The van der Waals surface area contributed by atoms with Gasteiger partial charge >= 0.3 is 10.1 Å². The van der Waals surface area contributed by atoms with E-state index in [9.17, 15) is 13.2 Å². The summed E-state index contributed by atoms with van der Waals surface area (Å²) < 4.78 is 27.2. The van der Waals surface area contributed by atoms with Crippen molar-refractivity contribution < 1.29 is 17.4 Å². The van der Waals surface area contributed by atoms with Gasteiger partial charge in [-0.1, -0.05) is 23.8 Å². The molecule has 1 heterocycles. The highest BCUT2D eigenvalue weighted by Crippen LogP contribution is 2.21. The maximum atomic E-state index is 11.8. The standard InChI is InChI=1S/C21H23N5O4S/c1-13-4-5-15(14(2)10-13)11-23-20-18(19(22)27)12-24-21(26-20)25-16-6-8-17(9-7-16)30-31(3,28)29/h4-10,12H,11H2,1-3H3,(H2,22,27)(H2,23,24,25,26). The highest BCUT2D eigenvalue weighted by atomic mass is 32.2. The zero-order valence-corrected chi connectivity index (χ0v) is 18.2. The molecule has 4 N–H and O–H groups in total. The average molecular weight is 442 g/mol. The predicted octanol–water partition coefficient (Wildman–Crippen LogP) is 2.89. The Bertz CT molecular complexity index is 1210. The number of nitrogens with zero attached hydrogens (tertiary/aromatic N) is 2. The van der Waals surface area contributed by atoms with Gasteiger partial charge in [-0.3, -0.25) is 4.79 Å². The summed E-state index contributed by atoms with van der Waals surface area (Å²) in [7, 11) is -3.60. The van der Waals surface area contributed by atoms with Crippen molar-refractivity contribution in [1.82, 2.24) is 9.97 Å². The van der Waals surface area contributed by atoms with Crippen LogP contribution in [0.1, 0.15) is 27.0 Å². The van der Waals surface area contributed by atoms with E-state index < -0.39 is 16.0 Å². The molecule has 31 heavy (non-hydrogen) atoms. The molecule has 0 radical (unpaired) electrons. The van der Waals surface area contributed by atoms with Crippen LogP contribution in [0.15, 0.2) is 48.7 Å². The van der Waals surface area contributed by atoms with E-state index in [-0.39, 0.29) is 17.3 Å². The van der Waals surface area contributed by atoms with Crippen LogP contribution in [0.5, 0.6) is 5.75 Å². The number of carbonyl (C=O) groups excluding carboxylic acids is 1. The molecule has 0 spiro atoms. The Balaban J connectivity index is 1.78. The Hall–Kier alpha value is -3.66. The average Bonchev–Trinajstić information content (AvgIpc) is 2.67. The van der Waals surface area contributed by atoms with Gasteiger partial charge < -0.3 is 20.6 Å². The SMILES string of the molecule is Cc1ccc(CNc2nc(Nc3ccc(OS(C)(=O)=O)cc3)ncc2C(N)=O)c(C)c1. The third-order valence-electron chi connectivity index (χ3n) is 4.36. The smallest absolute Gasteiger partial charge is 0.306 e. The molecule has 10 heteroatoms. The maximum Gasteiger partial charge on any atom is 0.306 e. The topological polar surface area (TPSA) is 136 Å². The Morgan fingerprint density at radius 3 is 2.45 bits per heavy atom. The number of nitrogens with two attached hydrogens (primary N) is 1. The van der Waals surface area contributed by atoms with E-state index in [0.29, 0.717) is 18.1 Å². The molecule has 0 saturated carbocycles. The molecule has 1 aromatic heterocycles. The first kappa shape index (κ1) is 22.0. The van der Waals surface area contributed by atoms with Crippen molar-refractivity contribution in [2.24, 2.45) is 5.73 Å². The first-order valence-corrected chi connectivity index (χ1v) is 11.2. The summed E-state index contributed by atoms with van der Waals surface area (Å²) in [5.41, 5.74) is 9.59. The molecule has 0 aliphatic rings. The van der Waals surface area contributed by atoms with Crippen molar-refractivity contribution in [3.05, 3.63) is 70.9 Å². The minimum absolute atomic E-state index is 0.173. The van der Waals surface area contributed by atoms with Gasteiger partial charge in [-0.05, 0) is 49.2 Å². The molecule has 0 bridgehead atoms. The van der Waals surface area contributed by atoms with Gasteiger partial charge in [0.1, 0.15) is 11.6 Å². The van der Waals surface area contributed by atoms with Crippen LogP contribution in [0, 0.1) is 13.8 Å². The van der Waals surface area contributed by atoms with Gasteiger partial charge in [0.2, 0.25) is 5.95 Å². The lowest BCUT2D eigenvalue weighted by Gasteiger charge is -2.13.